The first-order chi connectivity index (χ1) is 9.82. The Labute approximate surface area is 126 Å². The van der Waals surface area contributed by atoms with Gasteiger partial charge in [-0.05, 0) is 42.6 Å². The second kappa shape index (κ2) is 5.88. The molecule has 0 aliphatic carbocycles. The van der Waals surface area contributed by atoms with Crippen molar-refractivity contribution < 1.29 is 13.2 Å². The van der Waals surface area contributed by atoms with Gasteiger partial charge in [-0.1, -0.05) is 17.5 Å². The number of carbonyl (C=O) groups is 1. The van der Waals surface area contributed by atoms with E-state index < -0.39 is 10.0 Å². The number of rotatable bonds is 4. The molecule has 7 nitrogen and oxygen atoms in total. The Morgan fingerprint density at radius 3 is 2.76 bits per heavy atom. The maximum atomic E-state index is 12.2. The van der Waals surface area contributed by atoms with Gasteiger partial charge in [-0.2, -0.15) is 0 Å². The van der Waals surface area contributed by atoms with Crippen molar-refractivity contribution in [3.05, 3.63) is 34.3 Å². The molecule has 1 heterocycles. The molecule has 0 saturated heterocycles. The lowest BCUT2D eigenvalue weighted by molar-refractivity contribution is 0.102. The van der Waals surface area contributed by atoms with Crippen molar-refractivity contribution >= 4 is 33.2 Å². The van der Waals surface area contributed by atoms with Crippen LogP contribution in [0.2, 0.25) is 0 Å². The first-order valence-corrected chi connectivity index (χ1v) is 8.41. The fourth-order valence-corrected chi connectivity index (χ4v) is 2.89. The number of aryl methyl sites for hydroxylation is 2. The third kappa shape index (κ3) is 3.43. The number of hydrogen-bond donors (Lipinski definition) is 2. The molecule has 0 bridgehead atoms. The minimum atomic E-state index is -3.82. The van der Waals surface area contributed by atoms with Crippen LogP contribution in [0.5, 0.6) is 0 Å². The maximum Gasteiger partial charge on any atom is 0.269 e. The first kappa shape index (κ1) is 15.5. The highest BCUT2D eigenvalue weighted by atomic mass is 32.2. The predicted molar refractivity (Wildman–Crippen MR) is 79.8 cm³/mol. The van der Waals surface area contributed by atoms with Crippen LogP contribution < -0.4 is 10.5 Å². The Morgan fingerprint density at radius 2 is 2.14 bits per heavy atom. The molecule has 0 aliphatic rings. The summed E-state index contributed by atoms with van der Waals surface area (Å²) in [6.07, 6.45) is 0.593. The molecule has 9 heteroatoms. The highest BCUT2D eigenvalue weighted by molar-refractivity contribution is 7.89. The average molecular weight is 326 g/mol. The van der Waals surface area contributed by atoms with E-state index in [9.17, 15) is 13.2 Å². The third-order valence-corrected chi connectivity index (χ3v) is 4.56. The number of primary sulfonamides is 1. The van der Waals surface area contributed by atoms with Crippen molar-refractivity contribution in [3.8, 4) is 0 Å². The monoisotopic (exact) mass is 326 g/mol. The maximum absolute atomic E-state index is 12.2. The summed E-state index contributed by atoms with van der Waals surface area (Å²) in [6, 6.07) is 4.32. The molecule has 0 unspecified atom stereocenters. The molecule has 1 aromatic carbocycles. The number of carbonyl (C=O) groups excluding carboxylic acids is 1. The molecule has 0 spiro atoms. The molecule has 0 fully saturated rings. The van der Waals surface area contributed by atoms with Gasteiger partial charge in [0.15, 0.2) is 0 Å². The van der Waals surface area contributed by atoms with Crippen LogP contribution in [0.1, 0.15) is 27.9 Å². The van der Waals surface area contributed by atoms with Crippen molar-refractivity contribution in [1.82, 2.24) is 9.59 Å². The molecule has 0 saturated carbocycles. The Bertz CT molecular complexity index is 784. The van der Waals surface area contributed by atoms with Crippen molar-refractivity contribution in [2.45, 2.75) is 25.2 Å². The predicted octanol–water partition coefficient (Wildman–Crippen LogP) is 1.31. The van der Waals surface area contributed by atoms with Crippen molar-refractivity contribution in [2.75, 3.05) is 5.32 Å². The number of nitrogens with zero attached hydrogens (tertiary/aromatic N) is 2. The van der Waals surface area contributed by atoms with E-state index in [2.05, 4.69) is 14.9 Å². The lowest BCUT2D eigenvalue weighted by Gasteiger charge is -2.09. The summed E-state index contributed by atoms with van der Waals surface area (Å²) in [5.74, 6) is -0.364. The van der Waals surface area contributed by atoms with E-state index >= 15 is 0 Å². The minimum absolute atomic E-state index is 0.0541. The number of nitrogens with one attached hydrogen (secondary N) is 1. The molecule has 1 amide bonds. The van der Waals surface area contributed by atoms with Gasteiger partial charge in [0, 0.05) is 5.69 Å². The van der Waals surface area contributed by atoms with E-state index in [4.69, 9.17) is 5.14 Å². The van der Waals surface area contributed by atoms with E-state index in [0.717, 1.165) is 17.1 Å². The topological polar surface area (TPSA) is 115 Å². The van der Waals surface area contributed by atoms with Crippen LogP contribution in [-0.2, 0) is 16.4 Å². The molecule has 0 aliphatic heterocycles. The van der Waals surface area contributed by atoms with Crippen LogP contribution >= 0.6 is 11.5 Å². The molecule has 0 radical (unpaired) electrons. The van der Waals surface area contributed by atoms with Gasteiger partial charge >= 0.3 is 0 Å². The van der Waals surface area contributed by atoms with Gasteiger partial charge in [0.2, 0.25) is 10.0 Å². The Morgan fingerprint density at radius 1 is 1.43 bits per heavy atom. The van der Waals surface area contributed by atoms with Crippen LogP contribution in [-0.4, -0.2) is 23.9 Å². The summed E-state index contributed by atoms with van der Waals surface area (Å²) in [6.45, 7) is 3.63. The van der Waals surface area contributed by atoms with Crippen molar-refractivity contribution in [3.63, 3.8) is 0 Å². The average Bonchev–Trinajstić information content (AvgIpc) is 2.88. The summed E-state index contributed by atoms with van der Waals surface area (Å²) in [7, 11) is -3.82. The number of anilines is 1. The summed E-state index contributed by atoms with van der Waals surface area (Å²) in [5.41, 5.74) is 1.73. The normalized spacial score (nSPS) is 11.4. The zero-order chi connectivity index (χ0) is 15.6. The number of sulfonamides is 1. The highest BCUT2D eigenvalue weighted by Crippen LogP contribution is 2.21. The Hall–Kier alpha value is -1.84. The van der Waals surface area contributed by atoms with Gasteiger partial charge in [-0.15, -0.1) is 5.10 Å². The fraction of sp³-hybridized carbons (Fsp3) is 0.250. The van der Waals surface area contributed by atoms with Gasteiger partial charge in [-0.25, -0.2) is 13.6 Å². The minimum Gasteiger partial charge on any atom is -0.321 e. The second-order valence-corrected chi connectivity index (χ2v) is 6.69. The van der Waals surface area contributed by atoms with Crippen LogP contribution in [0.15, 0.2) is 23.1 Å². The van der Waals surface area contributed by atoms with E-state index in [1.165, 1.54) is 12.1 Å². The van der Waals surface area contributed by atoms with Crippen LogP contribution in [0.25, 0.3) is 0 Å². The highest BCUT2D eigenvalue weighted by Gasteiger charge is 2.17. The van der Waals surface area contributed by atoms with E-state index in [1.54, 1.807) is 13.0 Å². The van der Waals surface area contributed by atoms with Gasteiger partial charge in [0.1, 0.15) is 4.88 Å². The van der Waals surface area contributed by atoms with E-state index in [1.807, 2.05) is 6.92 Å². The molecule has 2 aromatic rings. The fourth-order valence-electron chi connectivity index (χ4n) is 1.70. The zero-order valence-corrected chi connectivity index (χ0v) is 13.1. The Balaban J connectivity index is 2.33. The Kier molecular flexibility index (Phi) is 4.35. The van der Waals surface area contributed by atoms with Crippen LogP contribution in [0.4, 0.5) is 5.69 Å². The molecule has 3 N–H and O–H groups in total. The van der Waals surface area contributed by atoms with Crippen molar-refractivity contribution in [2.24, 2.45) is 5.14 Å². The van der Waals surface area contributed by atoms with Gasteiger partial charge in [-0.3, -0.25) is 4.79 Å². The molecule has 112 valence electrons. The number of nitrogens with two attached hydrogens (primary N) is 1. The van der Waals surface area contributed by atoms with Crippen LogP contribution in [0, 0.1) is 6.92 Å². The molecular weight excluding hydrogens is 312 g/mol. The smallest absolute Gasteiger partial charge is 0.269 e. The summed E-state index contributed by atoms with van der Waals surface area (Å²) in [4.78, 5) is 12.6. The number of hydrogen-bond acceptors (Lipinski definition) is 6. The quantitative estimate of drug-likeness (QED) is 0.879. The number of benzene rings is 1. The van der Waals surface area contributed by atoms with Crippen molar-refractivity contribution in [1.29, 1.82) is 0 Å². The summed E-state index contributed by atoms with van der Waals surface area (Å²) >= 11 is 1.00. The summed E-state index contributed by atoms with van der Waals surface area (Å²) in [5, 5.41) is 11.6. The van der Waals surface area contributed by atoms with Gasteiger partial charge < -0.3 is 5.32 Å². The lowest BCUT2D eigenvalue weighted by Crippen LogP contribution is -2.16. The standard InChI is InChI=1S/C12H14N4O3S2/c1-3-9-11(20-16-15-9)12(17)14-10-6-8(21(13,18)19)5-4-7(10)2/h4-6H,3H2,1-2H3,(H,14,17)(H2,13,18,19). The largest absolute Gasteiger partial charge is 0.321 e. The lowest BCUT2D eigenvalue weighted by atomic mass is 10.2. The molecule has 2 rings (SSSR count). The van der Waals surface area contributed by atoms with E-state index in [0.29, 0.717) is 22.7 Å². The van der Waals surface area contributed by atoms with Gasteiger partial charge in [0.25, 0.3) is 5.91 Å². The molecule has 0 atom stereocenters. The number of amides is 1. The zero-order valence-electron chi connectivity index (χ0n) is 11.5. The van der Waals surface area contributed by atoms with Gasteiger partial charge in [0.05, 0.1) is 10.6 Å². The number of aromatic nitrogens is 2. The summed E-state index contributed by atoms with van der Waals surface area (Å²) < 4.78 is 26.5. The third-order valence-electron chi connectivity index (χ3n) is 2.88. The molecular formula is C12H14N4O3S2. The molecule has 21 heavy (non-hydrogen) atoms. The first-order valence-electron chi connectivity index (χ1n) is 6.09. The second-order valence-electron chi connectivity index (χ2n) is 4.38. The molecule has 1 aromatic heterocycles. The van der Waals surface area contributed by atoms with Crippen LogP contribution in [0.3, 0.4) is 0 Å². The van der Waals surface area contributed by atoms with E-state index in [-0.39, 0.29) is 10.8 Å². The SMILES string of the molecule is CCc1nnsc1C(=O)Nc1cc(S(N)(=O)=O)ccc1C.